The van der Waals surface area contributed by atoms with Gasteiger partial charge in [0, 0.05) is 17.7 Å². The molecule has 0 N–H and O–H groups in total. The molecule has 0 unspecified atom stereocenters. The van der Waals surface area contributed by atoms with E-state index in [0.29, 0.717) is 5.78 Å². The highest BCUT2D eigenvalue weighted by atomic mass is 32.1. The van der Waals surface area contributed by atoms with Crippen LogP contribution in [0.2, 0.25) is 0 Å². The maximum absolute atomic E-state index is 11.6. The van der Waals surface area contributed by atoms with Crippen LogP contribution in [0.3, 0.4) is 0 Å². The SMILES string of the molecule is O=C(CCCc1cccs1)CC1CCC1. The maximum Gasteiger partial charge on any atom is 0.133 e. The highest BCUT2D eigenvalue weighted by molar-refractivity contribution is 7.09. The van der Waals surface area contributed by atoms with E-state index in [1.165, 1.54) is 24.1 Å². The van der Waals surface area contributed by atoms with Crippen LogP contribution in [0.15, 0.2) is 17.5 Å². The van der Waals surface area contributed by atoms with Gasteiger partial charge < -0.3 is 0 Å². The lowest BCUT2D eigenvalue weighted by Gasteiger charge is -2.24. The van der Waals surface area contributed by atoms with Crippen LogP contribution in [0, 0.1) is 5.92 Å². The lowest BCUT2D eigenvalue weighted by Crippen LogP contribution is -2.15. The standard InChI is InChI=1S/C13H18OS/c14-12(10-11-4-1-5-11)6-2-7-13-8-3-9-15-13/h3,8-9,11H,1-2,4-7,10H2. The Morgan fingerprint density at radius 1 is 1.47 bits per heavy atom. The molecule has 1 nitrogen and oxygen atoms in total. The second kappa shape index (κ2) is 5.45. The van der Waals surface area contributed by atoms with E-state index in [0.717, 1.165) is 31.6 Å². The monoisotopic (exact) mass is 222 g/mol. The van der Waals surface area contributed by atoms with E-state index in [9.17, 15) is 4.79 Å². The smallest absolute Gasteiger partial charge is 0.133 e. The molecule has 2 heteroatoms. The Bertz CT molecular complexity index is 298. The summed E-state index contributed by atoms with van der Waals surface area (Å²) in [5, 5.41) is 2.10. The molecular formula is C13H18OS. The third kappa shape index (κ3) is 3.45. The molecule has 1 saturated carbocycles. The molecule has 0 radical (unpaired) electrons. The molecule has 0 saturated heterocycles. The van der Waals surface area contributed by atoms with E-state index in [1.54, 1.807) is 11.3 Å². The van der Waals surface area contributed by atoms with E-state index in [2.05, 4.69) is 17.5 Å². The molecular weight excluding hydrogens is 204 g/mol. The number of hydrogen-bond acceptors (Lipinski definition) is 2. The van der Waals surface area contributed by atoms with Crippen molar-refractivity contribution in [3.63, 3.8) is 0 Å². The number of thiophene rings is 1. The molecule has 0 bridgehead atoms. The normalized spacial score (nSPS) is 16.3. The highest BCUT2D eigenvalue weighted by Crippen LogP contribution is 2.30. The van der Waals surface area contributed by atoms with E-state index in [-0.39, 0.29) is 0 Å². The van der Waals surface area contributed by atoms with Gasteiger partial charge in [-0.1, -0.05) is 25.3 Å². The lowest BCUT2D eigenvalue weighted by molar-refractivity contribution is -0.120. The zero-order valence-electron chi connectivity index (χ0n) is 9.08. The minimum atomic E-state index is 0.483. The van der Waals surface area contributed by atoms with Gasteiger partial charge >= 0.3 is 0 Å². The van der Waals surface area contributed by atoms with Crippen LogP contribution >= 0.6 is 11.3 Å². The van der Waals surface area contributed by atoms with Crippen molar-refractivity contribution in [2.75, 3.05) is 0 Å². The summed E-state index contributed by atoms with van der Waals surface area (Å²) in [6, 6.07) is 4.23. The Morgan fingerprint density at radius 2 is 2.33 bits per heavy atom. The highest BCUT2D eigenvalue weighted by Gasteiger charge is 2.19. The van der Waals surface area contributed by atoms with Crippen molar-refractivity contribution in [3.05, 3.63) is 22.4 Å². The molecule has 1 heterocycles. The van der Waals surface area contributed by atoms with Gasteiger partial charge in [0.15, 0.2) is 0 Å². The van der Waals surface area contributed by atoms with Gasteiger partial charge in [-0.15, -0.1) is 11.3 Å². The van der Waals surface area contributed by atoms with Crippen molar-refractivity contribution in [2.45, 2.75) is 44.9 Å². The van der Waals surface area contributed by atoms with Gasteiger partial charge in [0.2, 0.25) is 0 Å². The first-order valence-electron chi connectivity index (χ1n) is 5.88. The maximum atomic E-state index is 11.6. The predicted molar refractivity (Wildman–Crippen MR) is 64.2 cm³/mol. The molecule has 0 aromatic carbocycles. The quantitative estimate of drug-likeness (QED) is 0.715. The Kier molecular flexibility index (Phi) is 3.95. The minimum absolute atomic E-state index is 0.483. The molecule has 1 aliphatic carbocycles. The van der Waals surface area contributed by atoms with Gasteiger partial charge in [-0.2, -0.15) is 0 Å². The first-order valence-corrected chi connectivity index (χ1v) is 6.76. The van der Waals surface area contributed by atoms with Crippen LogP contribution < -0.4 is 0 Å². The zero-order chi connectivity index (χ0) is 10.5. The van der Waals surface area contributed by atoms with Gasteiger partial charge in [0.1, 0.15) is 5.78 Å². The topological polar surface area (TPSA) is 17.1 Å². The summed E-state index contributed by atoms with van der Waals surface area (Å²) in [5.41, 5.74) is 0. The fraction of sp³-hybridized carbons (Fsp3) is 0.615. The average molecular weight is 222 g/mol. The van der Waals surface area contributed by atoms with Crippen molar-refractivity contribution in [1.82, 2.24) is 0 Å². The number of ketones is 1. The lowest BCUT2D eigenvalue weighted by atomic mass is 9.81. The number of carbonyl (C=O) groups excluding carboxylic acids is 1. The summed E-state index contributed by atoms with van der Waals surface area (Å²) in [6.45, 7) is 0. The van der Waals surface area contributed by atoms with E-state index in [4.69, 9.17) is 0 Å². The fourth-order valence-electron chi connectivity index (χ4n) is 2.04. The van der Waals surface area contributed by atoms with Gasteiger partial charge in [0.05, 0.1) is 0 Å². The van der Waals surface area contributed by atoms with E-state index < -0.39 is 0 Å². The number of rotatable bonds is 6. The Labute approximate surface area is 95.5 Å². The minimum Gasteiger partial charge on any atom is -0.300 e. The molecule has 1 aromatic rings. The van der Waals surface area contributed by atoms with Crippen LogP contribution in [0.25, 0.3) is 0 Å². The molecule has 0 spiro atoms. The molecule has 1 aliphatic rings. The molecule has 0 atom stereocenters. The largest absolute Gasteiger partial charge is 0.300 e. The third-order valence-corrected chi connectivity index (χ3v) is 4.14. The van der Waals surface area contributed by atoms with Gasteiger partial charge in [-0.25, -0.2) is 0 Å². The van der Waals surface area contributed by atoms with Crippen LogP contribution in [-0.2, 0) is 11.2 Å². The fourth-order valence-corrected chi connectivity index (χ4v) is 2.79. The summed E-state index contributed by atoms with van der Waals surface area (Å²) < 4.78 is 0. The second-order valence-corrected chi connectivity index (χ2v) is 5.50. The average Bonchev–Trinajstić information content (AvgIpc) is 2.64. The first kappa shape index (κ1) is 10.9. The molecule has 15 heavy (non-hydrogen) atoms. The Hall–Kier alpha value is -0.630. The summed E-state index contributed by atoms with van der Waals surface area (Å²) >= 11 is 1.79. The van der Waals surface area contributed by atoms with Gasteiger partial charge in [-0.05, 0) is 30.2 Å². The molecule has 1 aromatic heterocycles. The third-order valence-electron chi connectivity index (χ3n) is 3.20. The van der Waals surface area contributed by atoms with Crippen molar-refractivity contribution < 1.29 is 4.79 Å². The van der Waals surface area contributed by atoms with Crippen molar-refractivity contribution in [2.24, 2.45) is 5.92 Å². The number of Topliss-reactive ketones (excluding diaryl/α,β-unsaturated/α-hetero) is 1. The molecule has 0 aliphatic heterocycles. The molecule has 82 valence electrons. The second-order valence-electron chi connectivity index (χ2n) is 4.47. The summed E-state index contributed by atoms with van der Waals surface area (Å²) in [7, 11) is 0. The van der Waals surface area contributed by atoms with Gasteiger partial charge in [-0.3, -0.25) is 4.79 Å². The van der Waals surface area contributed by atoms with Crippen LogP contribution in [-0.4, -0.2) is 5.78 Å². The number of carbonyl (C=O) groups is 1. The van der Waals surface area contributed by atoms with Gasteiger partial charge in [0.25, 0.3) is 0 Å². The Balaban J connectivity index is 1.58. The van der Waals surface area contributed by atoms with E-state index in [1.807, 2.05) is 0 Å². The van der Waals surface area contributed by atoms with E-state index >= 15 is 0 Å². The molecule has 0 amide bonds. The Morgan fingerprint density at radius 3 is 2.93 bits per heavy atom. The van der Waals surface area contributed by atoms with Crippen LogP contribution in [0.5, 0.6) is 0 Å². The van der Waals surface area contributed by atoms with Crippen molar-refractivity contribution >= 4 is 17.1 Å². The van der Waals surface area contributed by atoms with Crippen molar-refractivity contribution in [3.8, 4) is 0 Å². The summed E-state index contributed by atoms with van der Waals surface area (Å²) in [6.07, 6.45) is 7.67. The van der Waals surface area contributed by atoms with Crippen LogP contribution in [0.4, 0.5) is 0 Å². The number of aryl methyl sites for hydroxylation is 1. The van der Waals surface area contributed by atoms with Crippen LogP contribution in [0.1, 0.15) is 43.4 Å². The zero-order valence-corrected chi connectivity index (χ0v) is 9.89. The number of hydrogen-bond donors (Lipinski definition) is 0. The van der Waals surface area contributed by atoms with Crippen molar-refractivity contribution in [1.29, 1.82) is 0 Å². The summed E-state index contributed by atoms with van der Waals surface area (Å²) in [5.74, 6) is 1.22. The predicted octanol–water partition coefficient (Wildman–Crippen LogP) is 3.83. The molecule has 1 fully saturated rings. The summed E-state index contributed by atoms with van der Waals surface area (Å²) in [4.78, 5) is 13.0. The first-order chi connectivity index (χ1) is 7.34. The molecule has 2 rings (SSSR count).